The number of para-hydroxylation sites is 1. The van der Waals surface area contributed by atoms with E-state index in [0.29, 0.717) is 32.0 Å². The Labute approximate surface area is 136 Å². The molecule has 1 aliphatic heterocycles. The number of hydrogen-bond donors (Lipinski definition) is 0. The lowest BCUT2D eigenvalue weighted by atomic mass is 10.2. The van der Waals surface area contributed by atoms with Crippen LogP contribution in [0.5, 0.6) is 0 Å². The van der Waals surface area contributed by atoms with Gasteiger partial charge in [-0.2, -0.15) is 5.10 Å². The van der Waals surface area contributed by atoms with Gasteiger partial charge in [-0.25, -0.2) is 0 Å². The Bertz CT molecular complexity index is 580. The molecule has 2 rings (SSSR count). The van der Waals surface area contributed by atoms with Gasteiger partial charge in [0.15, 0.2) is 5.71 Å². The Balaban J connectivity index is 2.17. The van der Waals surface area contributed by atoms with Crippen molar-refractivity contribution in [3.05, 3.63) is 30.3 Å². The minimum atomic E-state index is -0.196. The van der Waals surface area contributed by atoms with E-state index < -0.39 is 0 Å². The number of rotatable bonds is 5. The number of hydrazone groups is 1. The van der Waals surface area contributed by atoms with E-state index in [1.807, 2.05) is 37.4 Å². The fraction of sp³-hybridized carbons (Fsp3) is 0.438. The molecule has 124 valence electrons. The first-order chi connectivity index (χ1) is 11.1. The van der Waals surface area contributed by atoms with Crippen molar-refractivity contribution in [3.8, 4) is 0 Å². The van der Waals surface area contributed by atoms with Crippen molar-refractivity contribution in [1.29, 1.82) is 0 Å². The molecule has 0 N–H and O–H groups in total. The van der Waals surface area contributed by atoms with Crippen LogP contribution in [0.4, 0.5) is 5.69 Å². The maximum atomic E-state index is 12.6. The van der Waals surface area contributed by atoms with Crippen molar-refractivity contribution in [2.75, 3.05) is 45.5 Å². The minimum absolute atomic E-state index is 0.196. The topological polar surface area (TPSA) is 66.7 Å². The SMILES string of the molecule is CON=C(C(=O)N1CCOCC1)C(C)=NN(C)c1ccccc1. The predicted octanol–water partition coefficient (Wildman–Crippen LogP) is 1.36. The third kappa shape index (κ3) is 4.53. The van der Waals surface area contributed by atoms with Gasteiger partial charge in [-0.1, -0.05) is 23.4 Å². The molecular formula is C16H22N4O3. The summed E-state index contributed by atoms with van der Waals surface area (Å²) >= 11 is 0. The van der Waals surface area contributed by atoms with Gasteiger partial charge >= 0.3 is 0 Å². The van der Waals surface area contributed by atoms with E-state index in [9.17, 15) is 4.79 Å². The van der Waals surface area contributed by atoms with Gasteiger partial charge in [-0.3, -0.25) is 9.80 Å². The molecule has 1 aromatic carbocycles. The Morgan fingerprint density at radius 3 is 2.52 bits per heavy atom. The van der Waals surface area contributed by atoms with Crippen molar-refractivity contribution in [3.63, 3.8) is 0 Å². The standard InChI is InChI=1S/C16H22N4O3/c1-13(17-19(2)14-7-5-4-6-8-14)15(18-22-3)16(21)20-9-11-23-12-10-20/h4-8H,9-12H2,1-3H3. The van der Waals surface area contributed by atoms with Crippen molar-refractivity contribution in [2.24, 2.45) is 10.3 Å². The third-order valence-corrected chi connectivity index (χ3v) is 3.46. The minimum Gasteiger partial charge on any atom is -0.398 e. The summed E-state index contributed by atoms with van der Waals surface area (Å²) in [6, 6.07) is 9.68. The van der Waals surface area contributed by atoms with Crippen LogP contribution in [0.1, 0.15) is 6.92 Å². The zero-order valence-electron chi connectivity index (χ0n) is 13.7. The van der Waals surface area contributed by atoms with E-state index >= 15 is 0 Å². The summed E-state index contributed by atoms with van der Waals surface area (Å²) in [5.74, 6) is -0.196. The van der Waals surface area contributed by atoms with Gasteiger partial charge in [0, 0.05) is 20.1 Å². The normalized spacial score (nSPS) is 16.2. The molecule has 0 radical (unpaired) electrons. The lowest BCUT2D eigenvalue weighted by molar-refractivity contribution is -0.127. The van der Waals surface area contributed by atoms with Gasteiger partial charge in [-0.15, -0.1) is 0 Å². The van der Waals surface area contributed by atoms with Crippen LogP contribution < -0.4 is 5.01 Å². The van der Waals surface area contributed by atoms with Gasteiger partial charge < -0.3 is 14.5 Å². The number of amides is 1. The summed E-state index contributed by atoms with van der Waals surface area (Å²) < 4.78 is 5.27. The van der Waals surface area contributed by atoms with E-state index in [4.69, 9.17) is 9.57 Å². The maximum absolute atomic E-state index is 12.6. The number of benzene rings is 1. The number of carbonyl (C=O) groups excluding carboxylic acids is 1. The predicted molar refractivity (Wildman–Crippen MR) is 89.8 cm³/mol. The lowest BCUT2D eigenvalue weighted by Gasteiger charge is -2.27. The second kappa shape index (κ2) is 8.28. The largest absolute Gasteiger partial charge is 0.398 e. The number of nitrogens with zero attached hydrogens (tertiary/aromatic N) is 4. The molecule has 0 atom stereocenters. The Kier molecular flexibility index (Phi) is 6.10. The summed E-state index contributed by atoms with van der Waals surface area (Å²) in [6.07, 6.45) is 0. The highest BCUT2D eigenvalue weighted by Gasteiger charge is 2.25. The molecule has 7 nitrogen and oxygen atoms in total. The van der Waals surface area contributed by atoms with Crippen LogP contribution >= 0.6 is 0 Å². The van der Waals surface area contributed by atoms with E-state index in [0.717, 1.165) is 5.69 Å². The zero-order chi connectivity index (χ0) is 16.7. The number of carbonyl (C=O) groups is 1. The first-order valence-corrected chi connectivity index (χ1v) is 7.46. The lowest BCUT2D eigenvalue weighted by Crippen LogP contribution is -2.46. The van der Waals surface area contributed by atoms with Crippen molar-refractivity contribution < 1.29 is 14.4 Å². The molecule has 0 aliphatic carbocycles. The summed E-state index contributed by atoms with van der Waals surface area (Å²) in [6.45, 7) is 3.90. The van der Waals surface area contributed by atoms with Gasteiger partial charge in [-0.05, 0) is 19.1 Å². The van der Waals surface area contributed by atoms with Gasteiger partial charge in [0.1, 0.15) is 7.11 Å². The molecule has 23 heavy (non-hydrogen) atoms. The first-order valence-electron chi connectivity index (χ1n) is 7.46. The molecule has 0 saturated carbocycles. The molecule has 0 aromatic heterocycles. The van der Waals surface area contributed by atoms with Crippen LogP contribution in [0.15, 0.2) is 40.6 Å². The zero-order valence-corrected chi connectivity index (χ0v) is 13.7. The summed E-state index contributed by atoms with van der Waals surface area (Å²) in [7, 11) is 3.24. The average Bonchev–Trinajstić information content (AvgIpc) is 2.60. The fourth-order valence-corrected chi connectivity index (χ4v) is 2.24. The number of morpholine rings is 1. The second-order valence-electron chi connectivity index (χ2n) is 5.07. The van der Waals surface area contributed by atoms with Crippen LogP contribution in [0, 0.1) is 0 Å². The molecule has 1 saturated heterocycles. The smallest absolute Gasteiger partial charge is 0.278 e. The monoisotopic (exact) mass is 318 g/mol. The van der Waals surface area contributed by atoms with Crippen LogP contribution in [0.2, 0.25) is 0 Å². The molecular weight excluding hydrogens is 296 g/mol. The quantitative estimate of drug-likeness (QED) is 0.607. The second-order valence-corrected chi connectivity index (χ2v) is 5.07. The number of anilines is 1. The third-order valence-electron chi connectivity index (χ3n) is 3.46. The Morgan fingerprint density at radius 1 is 1.26 bits per heavy atom. The van der Waals surface area contributed by atoms with Crippen LogP contribution in [-0.4, -0.2) is 62.7 Å². The molecule has 0 unspecified atom stereocenters. The summed E-state index contributed by atoms with van der Waals surface area (Å²) in [4.78, 5) is 19.1. The molecule has 1 fully saturated rings. The Morgan fingerprint density at radius 2 is 1.91 bits per heavy atom. The van der Waals surface area contributed by atoms with E-state index in [-0.39, 0.29) is 11.6 Å². The van der Waals surface area contributed by atoms with Crippen LogP contribution in [0.3, 0.4) is 0 Å². The van der Waals surface area contributed by atoms with Crippen molar-refractivity contribution in [1.82, 2.24) is 4.90 Å². The van der Waals surface area contributed by atoms with Gasteiger partial charge in [0.25, 0.3) is 5.91 Å². The molecule has 7 heteroatoms. The van der Waals surface area contributed by atoms with E-state index in [1.54, 1.807) is 16.8 Å². The first kappa shape index (κ1) is 17.0. The number of ether oxygens (including phenoxy) is 1. The molecule has 1 aromatic rings. The highest BCUT2D eigenvalue weighted by molar-refractivity contribution is 6.66. The molecule has 1 amide bonds. The fourth-order valence-electron chi connectivity index (χ4n) is 2.24. The Hall–Kier alpha value is -2.41. The number of oxime groups is 1. The van der Waals surface area contributed by atoms with Crippen molar-refractivity contribution in [2.45, 2.75) is 6.92 Å². The van der Waals surface area contributed by atoms with E-state index in [2.05, 4.69) is 10.3 Å². The van der Waals surface area contributed by atoms with Gasteiger partial charge in [0.2, 0.25) is 0 Å². The molecule has 1 aliphatic rings. The van der Waals surface area contributed by atoms with Crippen LogP contribution in [-0.2, 0) is 14.4 Å². The maximum Gasteiger partial charge on any atom is 0.278 e. The summed E-state index contributed by atoms with van der Waals surface area (Å²) in [5.41, 5.74) is 1.62. The molecule has 0 spiro atoms. The highest BCUT2D eigenvalue weighted by Crippen LogP contribution is 2.11. The van der Waals surface area contributed by atoms with Crippen molar-refractivity contribution >= 4 is 23.0 Å². The molecule has 0 bridgehead atoms. The average molecular weight is 318 g/mol. The van der Waals surface area contributed by atoms with Gasteiger partial charge in [0.05, 0.1) is 24.6 Å². The number of hydrogen-bond acceptors (Lipinski definition) is 6. The summed E-state index contributed by atoms with van der Waals surface area (Å²) in [5, 5.41) is 10.0. The molecule has 1 heterocycles. The van der Waals surface area contributed by atoms with E-state index in [1.165, 1.54) is 7.11 Å². The highest BCUT2D eigenvalue weighted by atomic mass is 16.6. The van der Waals surface area contributed by atoms with Crippen LogP contribution in [0.25, 0.3) is 0 Å².